The summed E-state index contributed by atoms with van der Waals surface area (Å²) in [5.74, 6) is 1.18. The van der Waals surface area contributed by atoms with Crippen LogP contribution in [0.15, 0.2) is 42.7 Å². The molecule has 0 atom stereocenters. The molecule has 0 aliphatic heterocycles. The predicted octanol–water partition coefficient (Wildman–Crippen LogP) is 5.49. The molecule has 0 radical (unpaired) electrons. The van der Waals surface area contributed by atoms with Crippen molar-refractivity contribution in [3.05, 3.63) is 42.7 Å². The van der Waals surface area contributed by atoms with Crippen molar-refractivity contribution in [2.24, 2.45) is 0 Å². The summed E-state index contributed by atoms with van der Waals surface area (Å²) in [6.07, 6.45) is 14.2. The Morgan fingerprint density at radius 2 is 1.83 bits per heavy atom. The molecule has 0 spiro atoms. The molecule has 186 valence electrons. The van der Waals surface area contributed by atoms with E-state index in [0.717, 1.165) is 61.3 Å². The van der Waals surface area contributed by atoms with Gasteiger partial charge in [-0.3, -0.25) is 4.79 Å². The fraction of sp³-hybridized carbons (Fsp3) is 0.500. The third kappa shape index (κ3) is 7.50. The predicted molar refractivity (Wildman–Crippen MR) is 133 cm³/mol. The van der Waals surface area contributed by atoms with E-state index in [-0.39, 0.29) is 5.97 Å². The Kier molecular flexibility index (Phi) is 9.03. The van der Waals surface area contributed by atoms with Gasteiger partial charge >= 0.3 is 5.97 Å². The number of carbonyl (C=O) groups excluding carboxylic acids is 1. The Morgan fingerprint density at radius 1 is 1.03 bits per heavy atom. The van der Waals surface area contributed by atoms with Gasteiger partial charge in [-0.25, -0.2) is 14.6 Å². The van der Waals surface area contributed by atoms with E-state index >= 15 is 0 Å². The van der Waals surface area contributed by atoms with Gasteiger partial charge in [0.25, 0.3) is 0 Å². The number of esters is 1. The molecule has 1 N–H and O–H groups in total. The molecular weight excluding hydrogens is 444 g/mol. The average molecular weight is 479 g/mol. The molecule has 1 saturated carbocycles. The van der Waals surface area contributed by atoms with Crippen LogP contribution in [0, 0.1) is 0 Å². The molecule has 1 aromatic carbocycles. The van der Waals surface area contributed by atoms with Gasteiger partial charge in [0.2, 0.25) is 5.95 Å². The number of hydrogen-bond donors (Lipinski definition) is 1. The number of aromatic nitrogens is 5. The lowest BCUT2D eigenvalue weighted by Gasteiger charge is -2.20. The molecule has 0 saturated heterocycles. The lowest BCUT2D eigenvalue weighted by Crippen LogP contribution is -2.13. The molecule has 35 heavy (non-hydrogen) atoms. The molecule has 3 aromatic rings. The molecule has 0 amide bonds. The van der Waals surface area contributed by atoms with Gasteiger partial charge in [0.15, 0.2) is 0 Å². The van der Waals surface area contributed by atoms with Gasteiger partial charge in [-0.15, -0.1) is 5.10 Å². The van der Waals surface area contributed by atoms with E-state index in [1.54, 1.807) is 6.20 Å². The molecule has 0 unspecified atom stereocenters. The molecule has 2 aromatic heterocycles. The molecule has 9 heteroatoms. The second-order valence-corrected chi connectivity index (χ2v) is 8.88. The first-order valence-corrected chi connectivity index (χ1v) is 12.5. The van der Waals surface area contributed by atoms with Crippen LogP contribution in [0.4, 0.5) is 11.6 Å². The Balaban J connectivity index is 1.24. The van der Waals surface area contributed by atoms with E-state index < -0.39 is 0 Å². The number of benzene rings is 1. The smallest absolute Gasteiger partial charge is 0.305 e. The van der Waals surface area contributed by atoms with Gasteiger partial charge in [0.1, 0.15) is 11.4 Å². The number of rotatable bonds is 12. The van der Waals surface area contributed by atoms with Crippen LogP contribution in [-0.4, -0.2) is 44.6 Å². The summed E-state index contributed by atoms with van der Waals surface area (Å²) in [5, 5.41) is 11.9. The largest absolute Gasteiger partial charge is 0.494 e. The monoisotopic (exact) mass is 478 g/mol. The van der Waals surface area contributed by atoms with E-state index in [4.69, 9.17) is 4.74 Å². The first kappa shape index (κ1) is 24.6. The summed E-state index contributed by atoms with van der Waals surface area (Å²) in [4.78, 5) is 20.1. The summed E-state index contributed by atoms with van der Waals surface area (Å²) in [6, 6.07) is 10.0. The zero-order valence-electron chi connectivity index (χ0n) is 20.4. The lowest BCUT2D eigenvalue weighted by atomic mass is 9.96. The van der Waals surface area contributed by atoms with Crippen LogP contribution in [0.2, 0.25) is 0 Å². The Bertz CT molecular complexity index is 1060. The van der Waals surface area contributed by atoms with Crippen molar-refractivity contribution >= 4 is 17.6 Å². The Hall–Kier alpha value is -3.49. The Labute approximate surface area is 206 Å². The number of nitrogens with zero attached hydrogens (tertiary/aromatic N) is 5. The zero-order chi connectivity index (χ0) is 24.3. The van der Waals surface area contributed by atoms with Crippen molar-refractivity contribution in [3.8, 4) is 17.1 Å². The number of unbranched alkanes of at least 4 members (excludes halogenated alkanes) is 3. The van der Waals surface area contributed by atoms with Crippen LogP contribution in [0.1, 0.15) is 70.3 Å². The van der Waals surface area contributed by atoms with Crippen LogP contribution < -0.4 is 10.1 Å². The summed E-state index contributed by atoms with van der Waals surface area (Å²) >= 11 is 0. The van der Waals surface area contributed by atoms with Crippen molar-refractivity contribution in [2.75, 3.05) is 19.0 Å². The third-order valence-electron chi connectivity index (χ3n) is 6.26. The third-order valence-corrected chi connectivity index (χ3v) is 6.26. The molecule has 1 aliphatic carbocycles. The average Bonchev–Trinajstić information content (AvgIpc) is 3.40. The molecule has 9 nitrogen and oxygen atoms in total. The second-order valence-electron chi connectivity index (χ2n) is 8.88. The van der Waals surface area contributed by atoms with Crippen LogP contribution in [0.3, 0.4) is 0 Å². The standard InChI is InChI=1S/C26H34N6O3/c1-34-25(33)11-7-2-3-8-18-35-22-14-12-20(13-15-22)28-26-27-17-16-23(29-26)24-19-32(31-30-24)21-9-5-4-6-10-21/h12-17,19,21H,2-11,18H2,1H3,(H,27,28,29). The second kappa shape index (κ2) is 12.8. The van der Waals surface area contributed by atoms with E-state index in [9.17, 15) is 4.79 Å². The minimum absolute atomic E-state index is 0.144. The minimum Gasteiger partial charge on any atom is -0.494 e. The molecule has 1 aliphatic rings. The SMILES string of the molecule is COC(=O)CCCCCCOc1ccc(Nc2nccc(-c3cn(C4CCCCC4)nn3)n2)cc1. The van der Waals surface area contributed by atoms with E-state index in [2.05, 4.69) is 30.3 Å². The highest BCUT2D eigenvalue weighted by atomic mass is 16.5. The number of hydrogen-bond acceptors (Lipinski definition) is 8. The zero-order valence-corrected chi connectivity index (χ0v) is 20.4. The van der Waals surface area contributed by atoms with Gasteiger partial charge in [0, 0.05) is 18.3 Å². The quantitative estimate of drug-likeness (QED) is 0.269. The molecule has 4 rings (SSSR count). The molecule has 0 bridgehead atoms. The van der Waals surface area contributed by atoms with Gasteiger partial charge in [-0.1, -0.05) is 37.3 Å². The van der Waals surface area contributed by atoms with Gasteiger partial charge in [-0.2, -0.15) is 0 Å². The molecular formula is C26H34N6O3. The van der Waals surface area contributed by atoms with E-state index in [0.29, 0.717) is 25.0 Å². The van der Waals surface area contributed by atoms with Crippen LogP contribution in [0.5, 0.6) is 5.75 Å². The number of nitrogens with one attached hydrogen (secondary N) is 1. The number of anilines is 2. The summed E-state index contributed by atoms with van der Waals surface area (Å²) in [7, 11) is 1.42. The van der Waals surface area contributed by atoms with Crippen molar-refractivity contribution in [2.45, 2.75) is 70.3 Å². The highest BCUT2D eigenvalue weighted by molar-refractivity contribution is 5.69. The maximum absolute atomic E-state index is 11.1. The first-order valence-electron chi connectivity index (χ1n) is 12.5. The van der Waals surface area contributed by atoms with Crippen molar-refractivity contribution in [1.82, 2.24) is 25.0 Å². The fourth-order valence-corrected chi connectivity index (χ4v) is 4.26. The van der Waals surface area contributed by atoms with Gasteiger partial charge in [0.05, 0.1) is 31.6 Å². The van der Waals surface area contributed by atoms with Crippen molar-refractivity contribution in [1.29, 1.82) is 0 Å². The van der Waals surface area contributed by atoms with E-state index in [1.807, 2.05) is 41.2 Å². The Morgan fingerprint density at radius 3 is 2.63 bits per heavy atom. The van der Waals surface area contributed by atoms with Crippen LogP contribution in [-0.2, 0) is 9.53 Å². The molecule has 1 fully saturated rings. The van der Waals surface area contributed by atoms with Gasteiger partial charge < -0.3 is 14.8 Å². The van der Waals surface area contributed by atoms with Crippen LogP contribution >= 0.6 is 0 Å². The van der Waals surface area contributed by atoms with Crippen molar-refractivity contribution in [3.63, 3.8) is 0 Å². The normalized spacial score (nSPS) is 14.0. The summed E-state index contributed by atoms with van der Waals surface area (Å²) in [6.45, 7) is 0.650. The number of ether oxygens (including phenoxy) is 2. The maximum Gasteiger partial charge on any atom is 0.305 e. The maximum atomic E-state index is 11.1. The number of methoxy groups -OCH3 is 1. The van der Waals surface area contributed by atoms with Crippen LogP contribution in [0.25, 0.3) is 11.4 Å². The lowest BCUT2D eigenvalue weighted by molar-refractivity contribution is -0.140. The first-order chi connectivity index (χ1) is 17.2. The van der Waals surface area contributed by atoms with Gasteiger partial charge in [-0.05, 0) is 56.0 Å². The van der Waals surface area contributed by atoms with Crippen molar-refractivity contribution < 1.29 is 14.3 Å². The summed E-state index contributed by atoms with van der Waals surface area (Å²) in [5.41, 5.74) is 2.38. The summed E-state index contributed by atoms with van der Waals surface area (Å²) < 4.78 is 12.5. The minimum atomic E-state index is -0.144. The number of carbonyl (C=O) groups is 1. The fourth-order valence-electron chi connectivity index (χ4n) is 4.26. The topological polar surface area (TPSA) is 104 Å². The highest BCUT2D eigenvalue weighted by Gasteiger charge is 2.17. The van der Waals surface area contributed by atoms with E-state index in [1.165, 1.54) is 26.4 Å². The molecule has 2 heterocycles. The highest BCUT2D eigenvalue weighted by Crippen LogP contribution is 2.28.